The van der Waals surface area contributed by atoms with Gasteiger partial charge in [-0.3, -0.25) is 9.59 Å². The van der Waals surface area contributed by atoms with Gasteiger partial charge in [-0.15, -0.1) is 0 Å². The van der Waals surface area contributed by atoms with Crippen LogP contribution >= 0.6 is 0 Å². The minimum absolute atomic E-state index is 0.101. The molecule has 0 saturated heterocycles. The summed E-state index contributed by atoms with van der Waals surface area (Å²) in [4.78, 5) is 32.1. The van der Waals surface area contributed by atoms with Crippen LogP contribution in [0.5, 0.6) is 0 Å². The number of aryl methyl sites for hydroxylation is 1. The van der Waals surface area contributed by atoms with E-state index in [9.17, 15) is 9.59 Å². The number of rotatable bonds is 3. The maximum Gasteiger partial charge on any atom is 0.256 e. The molecule has 1 aromatic heterocycles. The average molecular weight is 324 g/mol. The van der Waals surface area contributed by atoms with Gasteiger partial charge in [-0.05, 0) is 42.3 Å². The highest BCUT2D eigenvalue weighted by atomic mass is 16.2. The predicted octanol–water partition coefficient (Wildman–Crippen LogP) is 2.31. The average Bonchev–Trinajstić information content (AvgIpc) is 2.58. The first-order chi connectivity index (χ1) is 11.5. The van der Waals surface area contributed by atoms with E-state index >= 15 is 0 Å². The molecule has 6 heteroatoms. The Labute approximate surface area is 141 Å². The molecule has 0 atom stereocenters. The Bertz CT molecular complexity index is 801. The lowest BCUT2D eigenvalue weighted by Crippen LogP contribution is -2.31. The van der Waals surface area contributed by atoms with Gasteiger partial charge < -0.3 is 15.1 Å². The van der Waals surface area contributed by atoms with Crippen LogP contribution in [0, 0.1) is 0 Å². The van der Waals surface area contributed by atoms with E-state index in [0.29, 0.717) is 24.2 Å². The van der Waals surface area contributed by atoms with Crippen molar-refractivity contribution in [1.29, 1.82) is 0 Å². The minimum atomic E-state index is -0.208. The van der Waals surface area contributed by atoms with E-state index < -0.39 is 0 Å². The zero-order valence-corrected chi connectivity index (χ0v) is 14.0. The normalized spacial score (nSPS) is 13.5. The Morgan fingerprint density at radius 1 is 1.21 bits per heavy atom. The molecule has 1 aromatic carbocycles. The maximum atomic E-state index is 12.5. The summed E-state index contributed by atoms with van der Waals surface area (Å²) in [6.45, 7) is 0. The van der Waals surface area contributed by atoms with Crippen LogP contribution in [0.1, 0.15) is 22.3 Å². The quantitative estimate of drug-likeness (QED) is 0.941. The molecule has 2 heterocycles. The summed E-state index contributed by atoms with van der Waals surface area (Å²) in [6, 6.07) is 10.9. The van der Waals surface area contributed by atoms with Gasteiger partial charge in [-0.25, -0.2) is 4.98 Å². The Hall–Kier alpha value is -2.89. The van der Waals surface area contributed by atoms with Crippen molar-refractivity contribution in [2.75, 3.05) is 36.3 Å². The van der Waals surface area contributed by atoms with Crippen LogP contribution in [0.2, 0.25) is 0 Å². The number of fused-ring (bicyclic) bond motifs is 1. The van der Waals surface area contributed by atoms with Crippen LogP contribution in [0.3, 0.4) is 0 Å². The van der Waals surface area contributed by atoms with Crippen LogP contribution in [0.15, 0.2) is 36.4 Å². The molecular formula is C18H20N4O2. The molecule has 0 unspecified atom stereocenters. The summed E-state index contributed by atoms with van der Waals surface area (Å²) in [5.74, 6) is 1.18. The molecule has 24 heavy (non-hydrogen) atoms. The molecule has 0 saturated carbocycles. The molecule has 124 valence electrons. The number of hydrogen-bond acceptors (Lipinski definition) is 4. The van der Waals surface area contributed by atoms with Crippen molar-refractivity contribution in [2.45, 2.75) is 12.8 Å². The molecule has 0 aliphatic carbocycles. The first kappa shape index (κ1) is 16.0. The van der Waals surface area contributed by atoms with Crippen LogP contribution < -0.4 is 15.1 Å². The lowest BCUT2D eigenvalue weighted by Gasteiger charge is -2.26. The van der Waals surface area contributed by atoms with E-state index in [1.807, 2.05) is 43.3 Å². The van der Waals surface area contributed by atoms with Crippen molar-refractivity contribution < 1.29 is 9.59 Å². The predicted molar refractivity (Wildman–Crippen MR) is 94.7 cm³/mol. The first-order valence-electron chi connectivity index (χ1n) is 7.81. The van der Waals surface area contributed by atoms with Crippen LogP contribution in [-0.4, -0.2) is 37.9 Å². The maximum absolute atomic E-state index is 12.5. The van der Waals surface area contributed by atoms with E-state index in [-0.39, 0.29) is 11.8 Å². The number of amides is 2. The fourth-order valence-corrected chi connectivity index (χ4v) is 2.73. The lowest BCUT2D eigenvalue weighted by atomic mass is 9.99. The van der Waals surface area contributed by atoms with Gasteiger partial charge >= 0.3 is 0 Å². The monoisotopic (exact) mass is 324 g/mol. The number of carbonyl (C=O) groups is 2. The molecule has 1 aliphatic heterocycles. The number of hydrogen-bond donors (Lipinski definition) is 1. The van der Waals surface area contributed by atoms with E-state index in [2.05, 4.69) is 10.3 Å². The van der Waals surface area contributed by atoms with Gasteiger partial charge in [0, 0.05) is 38.8 Å². The number of benzene rings is 1. The number of anilines is 3. The molecule has 0 radical (unpaired) electrons. The van der Waals surface area contributed by atoms with Gasteiger partial charge in [0.1, 0.15) is 11.6 Å². The zero-order chi connectivity index (χ0) is 17.3. The molecule has 0 spiro atoms. The van der Waals surface area contributed by atoms with Crippen LogP contribution in [0.4, 0.5) is 17.3 Å². The van der Waals surface area contributed by atoms with E-state index in [1.165, 1.54) is 0 Å². The first-order valence-corrected chi connectivity index (χ1v) is 7.81. The van der Waals surface area contributed by atoms with Crippen molar-refractivity contribution >= 4 is 29.1 Å². The summed E-state index contributed by atoms with van der Waals surface area (Å²) in [5.41, 5.74) is 2.45. The summed E-state index contributed by atoms with van der Waals surface area (Å²) in [7, 11) is 5.56. The van der Waals surface area contributed by atoms with Crippen LogP contribution in [0.25, 0.3) is 0 Å². The molecule has 0 bridgehead atoms. The third kappa shape index (κ3) is 3.08. The minimum Gasteiger partial charge on any atom is -0.363 e. The summed E-state index contributed by atoms with van der Waals surface area (Å²) in [5, 5.41) is 2.82. The molecule has 6 nitrogen and oxygen atoms in total. The SMILES string of the molecule is CN(C)c1cccc(NC(=O)c2ccc3c(c2)CCC(=O)N3C)n1. The van der Waals surface area contributed by atoms with E-state index in [4.69, 9.17) is 0 Å². The fraction of sp³-hybridized carbons (Fsp3) is 0.278. The Balaban J connectivity index is 1.81. The number of aromatic nitrogens is 1. The van der Waals surface area contributed by atoms with Crippen molar-refractivity contribution in [3.63, 3.8) is 0 Å². The number of nitrogens with one attached hydrogen (secondary N) is 1. The zero-order valence-electron chi connectivity index (χ0n) is 14.0. The Morgan fingerprint density at radius 2 is 2.00 bits per heavy atom. The van der Waals surface area contributed by atoms with Gasteiger partial charge in [0.2, 0.25) is 5.91 Å². The lowest BCUT2D eigenvalue weighted by molar-refractivity contribution is -0.118. The number of pyridine rings is 1. The molecule has 1 N–H and O–H groups in total. The highest BCUT2D eigenvalue weighted by molar-refractivity contribution is 6.05. The number of carbonyl (C=O) groups excluding carboxylic acids is 2. The highest BCUT2D eigenvalue weighted by Gasteiger charge is 2.21. The second kappa shape index (κ2) is 6.31. The van der Waals surface area contributed by atoms with E-state index in [0.717, 1.165) is 17.1 Å². The molecule has 0 fully saturated rings. The molecular weight excluding hydrogens is 304 g/mol. The smallest absolute Gasteiger partial charge is 0.256 e. The summed E-state index contributed by atoms with van der Waals surface area (Å²) < 4.78 is 0. The fourth-order valence-electron chi connectivity index (χ4n) is 2.73. The standard InChI is InChI=1S/C18H20N4O2/c1-21(2)16-6-4-5-15(19-16)20-18(24)13-7-9-14-12(11-13)8-10-17(23)22(14)3/h4-7,9,11H,8,10H2,1-3H3,(H,19,20,24). The van der Waals surface area contributed by atoms with Gasteiger partial charge in [-0.2, -0.15) is 0 Å². The number of nitrogens with zero attached hydrogens (tertiary/aromatic N) is 3. The van der Waals surface area contributed by atoms with Gasteiger partial charge in [0.05, 0.1) is 0 Å². The van der Waals surface area contributed by atoms with Gasteiger partial charge in [-0.1, -0.05) is 6.07 Å². The second-order valence-electron chi connectivity index (χ2n) is 6.03. The van der Waals surface area contributed by atoms with Gasteiger partial charge in [0.15, 0.2) is 0 Å². The molecule has 2 amide bonds. The molecule has 1 aliphatic rings. The van der Waals surface area contributed by atoms with Crippen LogP contribution in [-0.2, 0) is 11.2 Å². The topological polar surface area (TPSA) is 65.5 Å². The van der Waals surface area contributed by atoms with Crippen molar-refractivity contribution in [2.24, 2.45) is 0 Å². The van der Waals surface area contributed by atoms with Crippen molar-refractivity contribution in [3.8, 4) is 0 Å². The van der Waals surface area contributed by atoms with E-state index in [1.54, 1.807) is 24.1 Å². The summed E-state index contributed by atoms with van der Waals surface area (Å²) >= 11 is 0. The van der Waals surface area contributed by atoms with Gasteiger partial charge in [0.25, 0.3) is 5.91 Å². The molecule has 2 aromatic rings. The third-order valence-corrected chi connectivity index (χ3v) is 4.12. The van der Waals surface area contributed by atoms with Crippen molar-refractivity contribution in [3.05, 3.63) is 47.5 Å². The molecule has 3 rings (SSSR count). The largest absolute Gasteiger partial charge is 0.363 e. The highest BCUT2D eigenvalue weighted by Crippen LogP contribution is 2.27. The Kier molecular flexibility index (Phi) is 4.20. The van der Waals surface area contributed by atoms with Crippen molar-refractivity contribution in [1.82, 2.24) is 4.98 Å². The summed E-state index contributed by atoms with van der Waals surface area (Å²) in [6.07, 6.45) is 1.13. The third-order valence-electron chi connectivity index (χ3n) is 4.12. The Morgan fingerprint density at radius 3 is 2.75 bits per heavy atom. The second-order valence-corrected chi connectivity index (χ2v) is 6.03.